The lowest BCUT2D eigenvalue weighted by Gasteiger charge is -2.14. The zero-order chi connectivity index (χ0) is 11.8. The molecule has 0 radical (unpaired) electrons. The standard InChI is InChI=1S/C14H21NO/c1-4-6-7-8-13(15-11-5-2)14-10-9-12(3)16-14/h9-10,13,15H,5,7-8,11H2,1-3H3. The number of rotatable bonds is 6. The van der Waals surface area contributed by atoms with Crippen molar-refractivity contribution in [1.82, 2.24) is 5.32 Å². The molecule has 0 saturated heterocycles. The topological polar surface area (TPSA) is 25.2 Å². The molecule has 0 aliphatic carbocycles. The van der Waals surface area contributed by atoms with E-state index in [1.807, 2.05) is 19.9 Å². The Labute approximate surface area is 98.4 Å². The molecular weight excluding hydrogens is 198 g/mol. The second kappa shape index (κ2) is 7.14. The van der Waals surface area contributed by atoms with Crippen LogP contribution in [0.4, 0.5) is 0 Å². The normalized spacial score (nSPS) is 11.9. The molecule has 1 aromatic heterocycles. The zero-order valence-electron chi connectivity index (χ0n) is 10.5. The molecule has 0 aromatic carbocycles. The molecule has 2 heteroatoms. The predicted molar refractivity (Wildman–Crippen MR) is 67.2 cm³/mol. The third-order valence-corrected chi connectivity index (χ3v) is 2.48. The van der Waals surface area contributed by atoms with E-state index in [4.69, 9.17) is 4.42 Å². The summed E-state index contributed by atoms with van der Waals surface area (Å²) in [5.74, 6) is 8.03. The maximum absolute atomic E-state index is 5.66. The Balaban J connectivity index is 2.57. The van der Waals surface area contributed by atoms with Crippen molar-refractivity contribution < 1.29 is 4.42 Å². The van der Waals surface area contributed by atoms with Gasteiger partial charge in [0.1, 0.15) is 11.5 Å². The van der Waals surface area contributed by atoms with E-state index in [1.165, 1.54) is 0 Å². The highest BCUT2D eigenvalue weighted by atomic mass is 16.3. The summed E-state index contributed by atoms with van der Waals surface area (Å²) in [6, 6.07) is 4.37. The first-order valence-corrected chi connectivity index (χ1v) is 5.97. The highest BCUT2D eigenvalue weighted by Gasteiger charge is 2.13. The van der Waals surface area contributed by atoms with Gasteiger partial charge in [0.2, 0.25) is 0 Å². The van der Waals surface area contributed by atoms with Crippen LogP contribution in [0.1, 0.15) is 50.7 Å². The van der Waals surface area contributed by atoms with Crippen LogP contribution < -0.4 is 5.32 Å². The van der Waals surface area contributed by atoms with Crippen molar-refractivity contribution in [2.24, 2.45) is 0 Å². The molecule has 1 N–H and O–H groups in total. The Kier molecular flexibility index (Phi) is 5.74. The van der Waals surface area contributed by atoms with Crippen LogP contribution in [-0.4, -0.2) is 6.54 Å². The summed E-state index contributed by atoms with van der Waals surface area (Å²) >= 11 is 0. The van der Waals surface area contributed by atoms with Gasteiger partial charge in [-0.05, 0) is 45.4 Å². The molecule has 16 heavy (non-hydrogen) atoms. The van der Waals surface area contributed by atoms with E-state index >= 15 is 0 Å². The quantitative estimate of drug-likeness (QED) is 0.741. The molecule has 0 aliphatic rings. The summed E-state index contributed by atoms with van der Waals surface area (Å²) in [5, 5.41) is 3.50. The summed E-state index contributed by atoms with van der Waals surface area (Å²) in [5.41, 5.74) is 0. The number of aryl methyl sites for hydroxylation is 1. The largest absolute Gasteiger partial charge is 0.465 e. The molecule has 2 nitrogen and oxygen atoms in total. The third-order valence-electron chi connectivity index (χ3n) is 2.48. The minimum absolute atomic E-state index is 0.300. The van der Waals surface area contributed by atoms with E-state index in [-0.39, 0.29) is 0 Å². The van der Waals surface area contributed by atoms with Crippen molar-refractivity contribution in [3.05, 3.63) is 23.7 Å². The van der Waals surface area contributed by atoms with Crippen molar-refractivity contribution >= 4 is 0 Å². The SMILES string of the molecule is CC#CCCC(NCCC)c1ccc(C)o1. The fourth-order valence-electron chi connectivity index (χ4n) is 1.65. The number of nitrogens with one attached hydrogen (secondary N) is 1. The molecule has 1 aromatic rings. The molecular formula is C14H21NO. The minimum atomic E-state index is 0.300. The zero-order valence-corrected chi connectivity index (χ0v) is 10.5. The Bertz CT molecular complexity index is 356. The molecule has 0 saturated carbocycles. The summed E-state index contributed by atoms with van der Waals surface area (Å²) < 4.78 is 5.66. The van der Waals surface area contributed by atoms with Gasteiger partial charge in [-0.1, -0.05) is 6.92 Å². The first-order valence-electron chi connectivity index (χ1n) is 5.97. The van der Waals surface area contributed by atoms with Crippen molar-refractivity contribution in [1.29, 1.82) is 0 Å². The predicted octanol–water partition coefficient (Wildman–Crippen LogP) is 3.43. The van der Waals surface area contributed by atoms with Gasteiger partial charge in [0.25, 0.3) is 0 Å². The number of hydrogen-bond donors (Lipinski definition) is 1. The van der Waals surface area contributed by atoms with E-state index in [0.29, 0.717) is 6.04 Å². The maximum atomic E-state index is 5.66. The third kappa shape index (κ3) is 4.12. The molecule has 88 valence electrons. The average molecular weight is 219 g/mol. The highest BCUT2D eigenvalue weighted by Crippen LogP contribution is 2.20. The fourth-order valence-corrected chi connectivity index (χ4v) is 1.65. The van der Waals surface area contributed by atoms with E-state index in [1.54, 1.807) is 0 Å². The smallest absolute Gasteiger partial charge is 0.121 e. The van der Waals surface area contributed by atoms with Crippen LogP contribution in [0.3, 0.4) is 0 Å². The second-order valence-corrected chi connectivity index (χ2v) is 3.92. The van der Waals surface area contributed by atoms with Crippen LogP contribution in [-0.2, 0) is 0 Å². The van der Waals surface area contributed by atoms with Crippen LogP contribution >= 0.6 is 0 Å². The van der Waals surface area contributed by atoms with Gasteiger partial charge in [-0.25, -0.2) is 0 Å². The lowest BCUT2D eigenvalue weighted by Crippen LogP contribution is -2.21. The lowest BCUT2D eigenvalue weighted by atomic mass is 10.1. The summed E-state index contributed by atoms with van der Waals surface area (Å²) in [4.78, 5) is 0. The number of furan rings is 1. The van der Waals surface area contributed by atoms with E-state index in [0.717, 1.165) is 37.3 Å². The van der Waals surface area contributed by atoms with E-state index < -0.39 is 0 Å². The number of hydrogen-bond acceptors (Lipinski definition) is 2. The van der Waals surface area contributed by atoms with E-state index in [2.05, 4.69) is 30.1 Å². The lowest BCUT2D eigenvalue weighted by molar-refractivity contribution is 0.388. The van der Waals surface area contributed by atoms with Crippen molar-refractivity contribution in [3.63, 3.8) is 0 Å². The van der Waals surface area contributed by atoms with E-state index in [9.17, 15) is 0 Å². The monoisotopic (exact) mass is 219 g/mol. The van der Waals surface area contributed by atoms with Gasteiger partial charge in [0, 0.05) is 6.42 Å². The van der Waals surface area contributed by atoms with Crippen molar-refractivity contribution in [3.8, 4) is 11.8 Å². The van der Waals surface area contributed by atoms with Gasteiger partial charge in [-0.3, -0.25) is 0 Å². The first kappa shape index (κ1) is 12.9. The Morgan fingerprint density at radius 1 is 1.44 bits per heavy atom. The molecule has 0 aliphatic heterocycles. The summed E-state index contributed by atoms with van der Waals surface area (Å²) in [6.07, 6.45) is 3.06. The van der Waals surface area contributed by atoms with Crippen molar-refractivity contribution in [2.75, 3.05) is 6.54 Å². The van der Waals surface area contributed by atoms with Gasteiger partial charge >= 0.3 is 0 Å². The first-order chi connectivity index (χ1) is 7.77. The molecule has 0 spiro atoms. The molecule has 1 unspecified atom stereocenters. The Morgan fingerprint density at radius 3 is 2.81 bits per heavy atom. The minimum Gasteiger partial charge on any atom is -0.465 e. The van der Waals surface area contributed by atoms with Crippen LogP contribution in [0.15, 0.2) is 16.5 Å². The molecule has 1 rings (SSSR count). The summed E-state index contributed by atoms with van der Waals surface area (Å²) in [6.45, 7) is 7.05. The van der Waals surface area contributed by atoms with Crippen LogP contribution in [0.2, 0.25) is 0 Å². The maximum Gasteiger partial charge on any atom is 0.121 e. The Hall–Kier alpha value is -1.20. The van der Waals surface area contributed by atoms with Crippen LogP contribution in [0.5, 0.6) is 0 Å². The fraction of sp³-hybridized carbons (Fsp3) is 0.571. The van der Waals surface area contributed by atoms with Gasteiger partial charge in [0.15, 0.2) is 0 Å². The molecule has 0 bridgehead atoms. The molecule has 1 atom stereocenters. The Morgan fingerprint density at radius 2 is 2.25 bits per heavy atom. The summed E-state index contributed by atoms with van der Waals surface area (Å²) in [7, 11) is 0. The van der Waals surface area contributed by atoms with Gasteiger partial charge in [0.05, 0.1) is 6.04 Å². The van der Waals surface area contributed by atoms with Crippen molar-refractivity contribution in [2.45, 2.75) is 46.1 Å². The highest BCUT2D eigenvalue weighted by molar-refractivity contribution is 5.10. The van der Waals surface area contributed by atoms with Crippen LogP contribution in [0.25, 0.3) is 0 Å². The van der Waals surface area contributed by atoms with Crippen LogP contribution in [0, 0.1) is 18.8 Å². The second-order valence-electron chi connectivity index (χ2n) is 3.92. The molecule has 0 amide bonds. The molecule has 0 fully saturated rings. The van der Waals surface area contributed by atoms with Gasteiger partial charge in [-0.15, -0.1) is 11.8 Å². The van der Waals surface area contributed by atoms with Gasteiger partial charge < -0.3 is 9.73 Å². The van der Waals surface area contributed by atoms with Gasteiger partial charge in [-0.2, -0.15) is 0 Å². The average Bonchev–Trinajstić information content (AvgIpc) is 2.70. The molecule has 1 heterocycles.